The van der Waals surface area contributed by atoms with Crippen molar-refractivity contribution in [1.29, 1.82) is 0 Å². The van der Waals surface area contributed by atoms with E-state index in [1.54, 1.807) is 32.9 Å². The molecule has 1 N–H and O–H groups in total. The third kappa shape index (κ3) is 5.70. The van der Waals surface area contributed by atoms with Crippen LogP contribution in [0.1, 0.15) is 38.8 Å². The number of nitrogens with one attached hydrogen (secondary N) is 1. The average molecular weight is 285 g/mol. The van der Waals surface area contributed by atoms with Crippen molar-refractivity contribution in [1.82, 2.24) is 10.3 Å². The minimum absolute atomic E-state index is 0.141. The fraction of sp³-hybridized carbons (Fsp3) is 0.462. The van der Waals surface area contributed by atoms with E-state index in [0.717, 1.165) is 6.29 Å². The number of carbonyl (C=O) groups excluding carboxylic acids is 2. The van der Waals surface area contributed by atoms with Gasteiger partial charge in [-0.2, -0.15) is 0 Å². The summed E-state index contributed by atoms with van der Waals surface area (Å²) in [5.74, 6) is 0. The molecule has 0 spiro atoms. The van der Waals surface area contributed by atoms with Crippen LogP contribution in [0.3, 0.4) is 0 Å². The van der Waals surface area contributed by atoms with Gasteiger partial charge >= 0.3 is 6.09 Å². The van der Waals surface area contributed by atoms with Crippen molar-refractivity contribution < 1.29 is 14.3 Å². The smallest absolute Gasteiger partial charge is 0.408 e. The number of hydrogen-bond donors (Lipinski definition) is 1. The molecule has 19 heavy (non-hydrogen) atoms. The van der Waals surface area contributed by atoms with Crippen molar-refractivity contribution in [2.75, 3.05) is 0 Å². The molecule has 1 aromatic rings. The highest BCUT2D eigenvalue weighted by atomic mass is 35.5. The first-order valence-corrected chi connectivity index (χ1v) is 6.24. The van der Waals surface area contributed by atoms with Gasteiger partial charge in [0.05, 0.1) is 6.04 Å². The molecule has 6 heteroatoms. The standard InChI is InChI=1S/C13H17ClN2O3/c1-13(2,3)19-12(18)16-10(6-7-17)9-4-5-11(14)15-8-9/h4-5,7-8,10H,6H2,1-3H3,(H,16,18)/t10-/m1/s1. The van der Waals surface area contributed by atoms with Crippen LogP contribution in [0.2, 0.25) is 5.15 Å². The molecular weight excluding hydrogens is 268 g/mol. The molecular formula is C13H17ClN2O3. The Morgan fingerprint density at radius 2 is 2.21 bits per heavy atom. The number of rotatable bonds is 4. The lowest BCUT2D eigenvalue weighted by Gasteiger charge is -2.22. The molecule has 1 atom stereocenters. The monoisotopic (exact) mass is 284 g/mol. The van der Waals surface area contributed by atoms with Gasteiger partial charge in [-0.25, -0.2) is 9.78 Å². The Morgan fingerprint density at radius 1 is 1.53 bits per heavy atom. The van der Waals surface area contributed by atoms with Crippen molar-refractivity contribution in [2.45, 2.75) is 38.8 Å². The Kier molecular flexibility index (Phi) is 5.30. The highest BCUT2D eigenvalue weighted by Crippen LogP contribution is 2.17. The number of alkyl carbamates (subject to hydrolysis) is 1. The molecule has 104 valence electrons. The third-order valence-corrected chi connectivity index (χ3v) is 2.40. The molecule has 0 aliphatic rings. The average Bonchev–Trinajstić information content (AvgIpc) is 2.27. The molecule has 0 saturated carbocycles. The van der Waals surface area contributed by atoms with Gasteiger partial charge in [0.15, 0.2) is 0 Å². The molecule has 0 saturated heterocycles. The van der Waals surface area contributed by atoms with Gasteiger partial charge in [-0.1, -0.05) is 17.7 Å². The predicted molar refractivity (Wildman–Crippen MR) is 72.0 cm³/mol. The number of halogens is 1. The van der Waals surface area contributed by atoms with Crippen LogP contribution in [0, 0.1) is 0 Å². The van der Waals surface area contributed by atoms with E-state index in [-0.39, 0.29) is 6.42 Å². The second kappa shape index (κ2) is 6.52. The summed E-state index contributed by atoms with van der Waals surface area (Å²) in [6.07, 6.45) is 1.82. The second-order valence-corrected chi connectivity index (χ2v) is 5.40. The van der Waals surface area contributed by atoms with Gasteiger partial charge < -0.3 is 14.8 Å². The summed E-state index contributed by atoms with van der Waals surface area (Å²) < 4.78 is 5.15. The minimum atomic E-state index is -0.589. The van der Waals surface area contributed by atoms with Crippen LogP contribution in [0.5, 0.6) is 0 Å². The van der Waals surface area contributed by atoms with E-state index < -0.39 is 17.7 Å². The molecule has 0 aliphatic carbocycles. The maximum absolute atomic E-state index is 11.7. The number of pyridine rings is 1. The largest absolute Gasteiger partial charge is 0.444 e. The molecule has 1 heterocycles. The first kappa shape index (κ1) is 15.4. The number of aromatic nitrogens is 1. The van der Waals surface area contributed by atoms with Gasteiger partial charge in [-0.05, 0) is 32.4 Å². The first-order valence-electron chi connectivity index (χ1n) is 5.86. The molecule has 1 amide bonds. The molecule has 0 aliphatic heterocycles. The molecule has 0 bridgehead atoms. The van der Waals surface area contributed by atoms with Crippen molar-refractivity contribution in [2.24, 2.45) is 0 Å². The zero-order valence-electron chi connectivity index (χ0n) is 11.1. The van der Waals surface area contributed by atoms with E-state index in [2.05, 4.69) is 10.3 Å². The number of amides is 1. The highest BCUT2D eigenvalue weighted by molar-refractivity contribution is 6.29. The summed E-state index contributed by atoms with van der Waals surface area (Å²) >= 11 is 5.69. The third-order valence-electron chi connectivity index (χ3n) is 2.18. The lowest BCUT2D eigenvalue weighted by atomic mass is 10.1. The minimum Gasteiger partial charge on any atom is -0.444 e. The summed E-state index contributed by atoms with van der Waals surface area (Å²) in [7, 11) is 0. The van der Waals surface area contributed by atoms with Crippen LogP contribution in [0.25, 0.3) is 0 Å². The first-order chi connectivity index (χ1) is 8.81. The Bertz CT molecular complexity index is 440. The maximum atomic E-state index is 11.7. The Labute approximate surface area is 117 Å². The Hall–Kier alpha value is -1.62. The number of carbonyl (C=O) groups is 2. The summed E-state index contributed by atoms with van der Waals surface area (Å²) in [5.41, 5.74) is 0.107. The van der Waals surface area contributed by atoms with Crippen LogP contribution in [0.15, 0.2) is 18.3 Å². The van der Waals surface area contributed by atoms with Crippen LogP contribution in [0.4, 0.5) is 4.79 Å². The number of aldehydes is 1. The molecule has 0 aromatic carbocycles. The topological polar surface area (TPSA) is 68.3 Å². The predicted octanol–water partition coefficient (Wildman–Crippen LogP) is 2.89. The van der Waals surface area contributed by atoms with E-state index in [0.29, 0.717) is 10.7 Å². The van der Waals surface area contributed by atoms with Gasteiger partial charge in [-0.3, -0.25) is 0 Å². The normalized spacial score (nSPS) is 12.6. The SMILES string of the molecule is CC(C)(C)OC(=O)N[C@H](CC=O)c1ccc(Cl)nc1. The van der Waals surface area contributed by atoms with Crippen molar-refractivity contribution in [3.05, 3.63) is 29.0 Å². The quantitative estimate of drug-likeness (QED) is 0.682. The lowest BCUT2D eigenvalue weighted by molar-refractivity contribution is -0.108. The molecule has 0 radical (unpaired) electrons. The van der Waals surface area contributed by atoms with E-state index in [4.69, 9.17) is 16.3 Å². The van der Waals surface area contributed by atoms with Crippen LogP contribution >= 0.6 is 11.6 Å². The van der Waals surface area contributed by atoms with E-state index >= 15 is 0 Å². The Balaban J connectivity index is 2.75. The van der Waals surface area contributed by atoms with Crippen LogP contribution in [-0.4, -0.2) is 23.0 Å². The fourth-order valence-corrected chi connectivity index (χ4v) is 1.53. The van der Waals surface area contributed by atoms with Crippen molar-refractivity contribution in [3.8, 4) is 0 Å². The van der Waals surface area contributed by atoms with Crippen molar-refractivity contribution >= 4 is 24.0 Å². The zero-order valence-corrected chi connectivity index (χ0v) is 11.9. The van der Waals surface area contributed by atoms with Crippen LogP contribution in [-0.2, 0) is 9.53 Å². The van der Waals surface area contributed by atoms with E-state index in [1.807, 2.05) is 0 Å². The van der Waals surface area contributed by atoms with E-state index in [9.17, 15) is 9.59 Å². The summed E-state index contributed by atoms with van der Waals surface area (Å²) in [4.78, 5) is 26.3. The molecule has 1 rings (SSSR count). The lowest BCUT2D eigenvalue weighted by Crippen LogP contribution is -2.35. The fourth-order valence-electron chi connectivity index (χ4n) is 1.42. The summed E-state index contributed by atoms with van der Waals surface area (Å²) in [6, 6.07) is 2.84. The maximum Gasteiger partial charge on any atom is 0.408 e. The Morgan fingerprint density at radius 3 is 2.68 bits per heavy atom. The molecule has 5 nitrogen and oxygen atoms in total. The summed E-state index contributed by atoms with van der Waals surface area (Å²) in [6.45, 7) is 5.31. The van der Waals surface area contributed by atoms with Gasteiger partial charge in [0.2, 0.25) is 0 Å². The molecule has 0 unspecified atom stereocenters. The van der Waals surface area contributed by atoms with Gasteiger partial charge in [0.25, 0.3) is 0 Å². The number of nitrogens with zero attached hydrogens (tertiary/aromatic N) is 1. The van der Waals surface area contributed by atoms with Gasteiger partial charge in [0, 0.05) is 12.6 Å². The number of hydrogen-bond acceptors (Lipinski definition) is 4. The summed E-state index contributed by atoms with van der Waals surface area (Å²) in [5, 5.41) is 2.99. The second-order valence-electron chi connectivity index (χ2n) is 5.02. The molecule has 1 aromatic heterocycles. The van der Waals surface area contributed by atoms with Crippen molar-refractivity contribution in [3.63, 3.8) is 0 Å². The highest BCUT2D eigenvalue weighted by Gasteiger charge is 2.20. The zero-order chi connectivity index (χ0) is 14.5. The number of ether oxygens (including phenoxy) is 1. The van der Waals surface area contributed by atoms with Crippen LogP contribution < -0.4 is 5.32 Å². The molecule has 0 fully saturated rings. The van der Waals surface area contributed by atoms with E-state index in [1.165, 1.54) is 6.20 Å². The van der Waals surface area contributed by atoms with Gasteiger partial charge in [0.1, 0.15) is 17.0 Å². The van der Waals surface area contributed by atoms with Gasteiger partial charge in [-0.15, -0.1) is 0 Å².